The van der Waals surface area contributed by atoms with Gasteiger partial charge in [0.2, 0.25) is 5.91 Å². The standard InChI is InChI=1S/C23H25N3O/c27-23(17-22-11-6-14-26(22)21-9-2-1-3-10-21)24-13-16-25-15-12-19-7-4-5-8-20(19)18-25/h1-11,14H,12-13,15-18H2,(H,24,27). The summed E-state index contributed by atoms with van der Waals surface area (Å²) in [5, 5.41) is 3.08. The van der Waals surface area contributed by atoms with E-state index in [0.29, 0.717) is 13.0 Å². The van der Waals surface area contributed by atoms with Crippen LogP contribution in [0.15, 0.2) is 72.9 Å². The van der Waals surface area contributed by atoms with Gasteiger partial charge in [-0.1, -0.05) is 42.5 Å². The van der Waals surface area contributed by atoms with Crippen molar-refractivity contribution >= 4 is 5.91 Å². The van der Waals surface area contributed by atoms with Gasteiger partial charge in [-0.25, -0.2) is 0 Å². The lowest BCUT2D eigenvalue weighted by Gasteiger charge is -2.28. The number of nitrogens with one attached hydrogen (secondary N) is 1. The van der Waals surface area contributed by atoms with Crippen LogP contribution in [-0.2, 0) is 24.2 Å². The number of amides is 1. The average molecular weight is 359 g/mol. The van der Waals surface area contributed by atoms with Crippen molar-refractivity contribution in [1.82, 2.24) is 14.8 Å². The third kappa shape index (κ3) is 4.29. The van der Waals surface area contributed by atoms with Gasteiger partial charge in [-0.05, 0) is 41.8 Å². The molecule has 0 fully saturated rings. The summed E-state index contributed by atoms with van der Waals surface area (Å²) in [5.74, 6) is 0.0725. The number of carbonyl (C=O) groups excluding carboxylic acids is 1. The lowest BCUT2D eigenvalue weighted by molar-refractivity contribution is -0.120. The predicted molar refractivity (Wildman–Crippen MR) is 108 cm³/mol. The fourth-order valence-electron chi connectivity index (χ4n) is 3.73. The molecule has 0 spiro atoms. The number of nitrogens with zero attached hydrogens (tertiary/aromatic N) is 2. The number of para-hydroxylation sites is 1. The van der Waals surface area contributed by atoms with Gasteiger partial charge in [0.1, 0.15) is 0 Å². The molecule has 0 bridgehead atoms. The van der Waals surface area contributed by atoms with Crippen LogP contribution in [0, 0.1) is 0 Å². The van der Waals surface area contributed by atoms with Crippen LogP contribution in [0.3, 0.4) is 0 Å². The zero-order valence-electron chi connectivity index (χ0n) is 15.5. The van der Waals surface area contributed by atoms with Crippen molar-refractivity contribution in [3.05, 3.63) is 89.7 Å². The molecule has 1 N–H and O–H groups in total. The number of fused-ring (bicyclic) bond motifs is 1. The second kappa shape index (κ2) is 8.23. The maximum atomic E-state index is 12.4. The van der Waals surface area contributed by atoms with Crippen LogP contribution >= 0.6 is 0 Å². The molecule has 138 valence electrons. The van der Waals surface area contributed by atoms with E-state index in [1.807, 2.05) is 36.5 Å². The van der Waals surface area contributed by atoms with E-state index in [0.717, 1.165) is 37.4 Å². The van der Waals surface area contributed by atoms with Crippen molar-refractivity contribution in [2.24, 2.45) is 0 Å². The molecular formula is C23H25N3O. The highest BCUT2D eigenvalue weighted by molar-refractivity contribution is 5.78. The first kappa shape index (κ1) is 17.6. The van der Waals surface area contributed by atoms with E-state index in [1.54, 1.807) is 0 Å². The first-order chi connectivity index (χ1) is 13.3. The van der Waals surface area contributed by atoms with E-state index in [9.17, 15) is 4.79 Å². The van der Waals surface area contributed by atoms with Crippen molar-refractivity contribution in [3.8, 4) is 5.69 Å². The lowest BCUT2D eigenvalue weighted by atomic mass is 10.00. The summed E-state index contributed by atoms with van der Waals surface area (Å²) < 4.78 is 2.07. The van der Waals surface area contributed by atoms with Crippen LogP contribution in [0.5, 0.6) is 0 Å². The van der Waals surface area contributed by atoms with E-state index in [1.165, 1.54) is 11.1 Å². The van der Waals surface area contributed by atoms with Gasteiger partial charge in [0.25, 0.3) is 0 Å². The van der Waals surface area contributed by atoms with Gasteiger partial charge in [0.15, 0.2) is 0 Å². The Morgan fingerprint density at radius 1 is 0.926 bits per heavy atom. The van der Waals surface area contributed by atoms with Gasteiger partial charge in [-0.2, -0.15) is 0 Å². The molecule has 4 heteroatoms. The molecule has 0 saturated carbocycles. The first-order valence-corrected chi connectivity index (χ1v) is 9.57. The summed E-state index contributed by atoms with van der Waals surface area (Å²) in [5.41, 5.74) is 4.96. The molecule has 2 aromatic carbocycles. The Labute approximate surface area is 160 Å². The third-order valence-corrected chi connectivity index (χ3v) is 5.17. The molecule has 0 atom stereocenters. The average Bonchev–Trinajstić information content (AvgIpc) is 3.16. The second-order valence-corrected chi connectivity index (χ2v) is 7.03. The SMILES string of the molecule is O=C(Cc1cccn1-c1ccccc1)NCCN1CCc2ccccc2C1. The molecule has 1 aliphatic rings. The maximum absolute atomic E-state index is 12.4. The highest BCUT2D eigenvalue weighted by Gasteiger charge is 2.15. The van der Waals surface area contributed by atoms with Gasteiger partial charge in [-0.3, -0.25) is 9.69 Å². The van der Waals surface area contributed by atoms with Gasteiger partial charge in [0.05, 0.1) is 6.42 Å². The molecule has 0 radical (unpaired) electrons. The van der Waals surface area contributed by atoms with E-state index >= 15 is 0 Å². The Morgan fingerprint density at radius 3 is 2.56 bits per heavy atom. The van der Waals surface area contributed by atoms with Crippen molar-refractivity contribution < 1.29 is 4.79 Å². The highest BCUT2D eigenvalue weighted by atomic mass is 16.1. The smallest absolute Gasteiger partial charge is 0.225 e. The summed E-state index contributed by atoms with van der Waals surface area (Å²) in [6.07, 6.45) is 3.49. The van der Waals surface area contributed by atoms with Crippen LogP contribution in [0.1, 0.15) is 16.8 Å². The van der Waals surface area contributed by atoms with Crippen LogP contribution in [-0.4, -0.2) is 35.0 Å². The Kier molecular flexibility index (Phi) is 5.35. The van der Waals surface area contributed by atoms with E-state index in [4.69, 9.17) is 0 Å². The molecule has 1 aromatic heterocycles. The van der Waals surface area contributed by atoms with Crippen LogP contribution in [0.25, 0.3) is 5.69 Å². The lowest BCUT2D eigenvalue weighted by Crippen LogP contribution is -2.38. The number of hydrogen-bond acceptors (Lipinski definition) is 2. The molecule has 2 heterocycles. The van der Waals surface area contributed by atoms with Crippen LogP contribution in [0.4, 0.5) is 0 Å². The van der Waals surface area contributed by atoms with Crippen molar-refractivity contribution in [3.63, 3.8) is 0 Å². The molecule has 0 saturated heterocycles. The zero-order valence-corrected chi connectivity index (χ0v) is 15.5. The number of hydrogen-bond donors (Lipinski definition) is 1. The Balaban J connectivity index is 1.27. The van der Waals surface area contributed by atoms with E-state index in [-0.39, 0.29) is 5.91 Å². The molecule has 1 amide bonds. The number of aromatic nitrogens is 1. The summed E-state index contributed by atoms with van der Waals surface area (Å²) in [4.78, 5) is 14.8. The highest BCUT2D eigenvalue weighted by Crippen LogP contribution is 2.18. The summed E-state index contributed by atoms with van der Waals surface area (Å²) in [6, 6.07) is 22.8. The van der Waals surface area contributed by atoms with Gasteiger partial charge in [-0.15, -0.1) is 0 Å². The second-order valence-electron chi connectivity index (χ2n) is 7.03. The number of benzene rings is 2. The number of carbonyl (C=O) groups is 1. The minimum atomic E-state index is 0.0725. The molecule has 4 rings (SSSR count). The third-order valence-electron chi connectivity index (χ3n) is 5.17. The van der Waals surface area contributed by atoms with Gasteiger partial charge < -0.3 is 9.88 Å². The molecule has 4 nitrogen and oxygen atoms in total. The minimum Gasteiger partial charge on any atom is -0.354 e. The fourth-order valence-corrected chi connectivity index (χ4v) is 3.73. The monoisotopic (exact) mass is 359 g/mol. The van der Waals surface area contributed by atoms with Crippen molar-refractivity contribution in [2.45, 2.75) is 19.4 Å². The van der Waals surface area contributed by atoms with Gasteiger partial charge >= 0.3 is 0 Å². The normalized spacial score (nSPS) is 13.9. The number of rotatable bonds is 6. The molecule has 27 heavy (non-hydrogen) atoms. The van der Waals surface area contributed by atoms with Crippen LogP contribution < -0.4 is 5.32 Å². The Morgan fingerprint density at radius 2 is 1.70 bits per heavy atom. The first-order valence-electron chi connectivity index (χ1n) is 9.57. The zero-order chi connectivity index (χ0) is 18.5. The van der Waals surface area contributed by atoms with Crippen molar-refractivity contribution in [2.75, 3.05) is 19.6 Å². The van der Waals surface area contributed by atoms with Gasteiger partial charge in [0, 0.05) is 43.8 Å². The predicted octanol–water partition coefficient (Wildman–Crippen LogP) is 3.19. The quantitative estimate of drug-likeness (QED) is 0.734. The van der Waals surface area contributed by atoms with E-state index in [2.05, 4.69) is 51.2 Å². The molecule has 0 unspecified atom stereocenters. The molecule has 1 aliphatic heterocycles. The van der Waals surface area contributed by atoms with E-state index < -0.39 is 0 Å². The Hall–Kier alpha value is -2.85. The topological polar surface area (TPSA) is 37.3 Å². The molecule has 0 aliphatic carbocycles. The molecule has 3 aromatic rings. The molecular weight excluding hydrogens is 334 g/mol. The largest absolute Gasteiger partial charge is 0.354 e. The summed E-state index contributed by atoms with van der Waals surface area (Å²) in [7, 11) is 0. The minimum absolute atomic E-state index is 0.0725. The summed E-state index contributed by atoms with van der Waals surface area (Å²) >= 11 is 0. The maximum Gasteiger partial charge on any atom is 0.225 e. The van der Waals surface area contributed by atoms with Crippen LogP contribution in [0.2, 0.25) is 0 Å². The summed E-state index contributed by atoms with van der Waals surface area (Å²) in [6.45, 7) is 3.61. The van der Waals surface area contributed by atoms with Crippen molar-refractivity contribution in [1.29, 1.82) is 0 Å². The fraction of sp³-hybridized carbons (Fsp3) is 0.261. The Bertz CT molecular complexity index is 901.